The number of hydrogen-bond acceptors (Lipinski definition) is 2. The Morgan fingerprint density at radius 1 is 1.64 bits per heavy atom. The van der Waals surface area contributed by atoms with E-state index in [0.717, 1.165) is 19.4 Å². The van der Waals surface area contributed by atoms with Gasteiger partial charge in [-0.05, 0) is 0 Å². The predicted molar refractivity (Wildman–Crippen MR) is 42.0 cm³/mol. The van der Waals surface area contributed by atoms with Crippen LogP contribution in [-0.2, 0) is 24.6 Å². The molecule has 0 aliphatic carbocycles. The van der Waals surface area contributed by atoms with Crippen LogP contribution < -0.4 is 5.32 Å². The van der Waals surface area contributed by atoms with Crippen molar-refractivity contribution >= 4 is 4.17 Å². The van der Waals surface area contributed by atoms with Crippen LogP contribution in [0.4, 0.5) is 0 Å². The van der Waals surface area contributed by atoms with Gasteiger partial charge in [0.05, 0.1) is 0 Å². The molecule has 1 atom stereocenters. The van der Waals surface area contributed by atoms with Gasteiger partial charge in [-0.2, -0.15) is 0 Å². The zero-order chi connectivity index (χ0) is 8.69. The van der Waals surface area contributed by atoms with E-state index in [1.807, 2.05) is 0 Å². The van der Waals surface area contributed by atoms with Gasteiger partial charge in [-0.3, -0.25) is 0 Å². The van der Waals surface area contributed by atoms with Crippen LogP contribution in [0.5, 0.6) is 0 Å². The summed E-state index contributed by atoms with van der Waals surface area (Å²) in [5, 5.41) is 3.34. The quantitative estimate of drug-likeness (QED) is 0.557. The average Bonchev–Trinajstić information content (AvgIpc) is 1.97. The molecule has 0 aromatic rings. The molecule has 0 aliphatic rings. The molecule has 2 nitrogen and oxygen atoms in total. The molecule has 0 heterocycles. The molecule has 11 heavy (non-hydrogen) atoms. The molecular weight excluding hydrogens is 222 g/mol. The van der Waals surface area contributed by atoms with Gasteiger partial charge in [0.15, 0.2) is 0 Å². The Hall–Kier alpha value is 0.318. The summed E-state index contributed by atoms with van der Waals surface area (Å²) < 4.78 is 0.298. The molecule has 0 aromatic carbocycles. The first-order valence-corrected chi connectivity index (χ1v) is 5.10. The van der Waals surface area contributed by atoms with Gasteiger partial charge in [0.2, 0.25) is 0 Å². The summed E-state index contributed by atoms with van der Waals surface area (Å²) in [6.45, 7) is 5.29. The van der Waals surface area contributed by atoms with E-state index in [2.05, 4.69) is 19.2 Å². The SMILES string of the molecule is CCC(C)NCCC[C](=O)[Mo]. The van der Waals surface area contributed by atoms with Crippen molar-refractivity contribution in [3.63, 3.8) is 0 Å². The maximum absolute atomic E-state index is 10.5. The molecule has 0 rings (SSSR count). The molecule has 0 saturated carbocycles. The number of nitrogens with one attached hydrogen (secondary N) is 1. The van der Waals surface area contributed by atoms with E-state index in [1.54, 1.807) is 19.8 Å². The average molecular weight is 238 g/mol. The Bertz CT molecular complexity index is 117. The summed E-state index contributed by atoms with van der Waals surface area (Å²) in [7, 11) is 0. The van der Waals surface area contributed by atoms with Crippen LogP contribution in [0.3, 0.4) is 0 Å². The van der Waals surface area contributed by atoms with Crippen molar-refractivity contribution < 1.29 is 24.6 Å². The predicted octanol–water partition coefficient (Wildman–Crippen LogP) is 1.23. The minimum absolute atomic E-state index is 0.298. The normalized spacial score (nSPS) is 12.9. The molecule has 3 heteroatoms. The zero-order valence-corrected chi connectivity index (χ0v) is 9.23. The second-order valence-corrected chi connectivity index (χ2v) is 3.86. The molecule has 0 spiro atoms. The van der Waals surface area contributed by atoms with E-state index >= 15 is 0 Å². The third kappa shape index (κ3) is 8.22. The third-order valence-electron chi connectivity index (χ3n) is 1.66. The number of carbonyl (C=O) groups is 1. The molecule has 0 aromatic heterocycles. The van der Waals surface area contributed by atoms with Crippen molar-refractivity contribution in [2.24, 2.45) is 0 Å². The Balaban J connectivity index is 3.08. The van der Waals surface area contributed by atoms with Gasteiger partial charge >= 0.3 is 79.8 Å². The number of hydrogen-bond donors (Lipinski definition) is 1. The molecule has 0 aliphatic heterocycles. The van der Waals surface area contributed by atoms with Crippen LogP contribution in [-0.4, -0.2) is 16.8 Å². The van der Waals surface area contributed by atoms with Crippen molar-refractivity contribution in [2.45, 2.75) is 39.2 Å². The Labute approximate surface area is 80.0 Å². The molecular formula is C8H16MoNO. The summed E-state index contributed by atoms with van der Waals surface area (Å²) in [4.78, 5) is 10.5. The fraction of sp³-hybridized carbons (Fsp3) is 0.875. The fourth-order valence-electron chi connectivity index (χ4n) is 0.726. The van der Waals surface area contributed by atoms with Crippen molar-refractivity contribution in [1.82, 2.24) is 5.32 Å². The Morgan fingerprint density at radius 3 is 2.73 bits per heavy atom. The van der Waals surface area contributed by atoms with Crippen molar-refractivity contribution in [3.8, 4) is 0 Å². The van der Waals surface area contributed by atoms with Crippen LogP contribution in [0, 0.1) is 0 Å². The summed E-state index contributed by atoms with van der Waals surface area (Å²) in [6.07, 6.45) is 2.84. The van der Waals surface area contributed by atoms with Gasteiger partial charge in [-0.1, -0.05) is 0 Å². The first kappa shape index (κ1) is 11.3. The van der Waals surface area contributed by atoms with Crippen LogP contribution in [0.1, 0.15) is 33.1 Å². The Morgan fingerprint density at radius 2 is 2.27 bits per heavy atom. The third-order valence-corrected chi connectivity index (χ3v) is 2.16. The van der Waals surface area contributed by atoms with Crippen molar-refractivity contribution in [3.05, 3.63) is 0 Å². The van der Waals surface area contributed by atoms with Crippen LogP contribution in [0.25, 0.3) is 0 Å². The summed E-state index contributed by atoms with van der Waals surface area (Å²) >= 11 is 1.58. The Kier molecular flexibility index (Phi) is 7.20. The molecule has 0 saturated heterocycles. The summed E-state index contributed by atoms with van der Waals surface area (Å²) in [5.41, 5.74) is 0. The zero-order valence-electron chi connectivity index (χ0n) is 7.22. The molecule has 0 fully saturated rings. The van der Waals surface area contributed by atoms with Crippen LogP contribution in [0.15, 0.2) is 0 Å². The monoisotopic (exact) mass is 240 g/mol. The van der Waals surface area contributed by atoms with E-state index in [0.29, 0.717) is 16.6 Å². The van der Waals surface area contributed by atoms with Crippen LogP contribution in [0.2, 0.25) is 0 Å². The summed E-state index contributed by atoms with van der Waals surface area (Å²) in [5.74, 6) is 0. The van der Waals surface area contributed by atoms with Crippen molar-refractivity contribution in [1.29, 1.82) is 0 Å². The van der Waals surface area contributed by atoms with Gasteiger partial charge in [-0.15, -0.1) is 0 Å². The van der Waals surface area contributed by atoms with Crippen molar-refractivity contribution in [2.75, 3.05) is 6.54 Å². The molecule has 0 amide bonds. The molecule has 0 bridgehead atoms. The van der Waals surface area contributed by atoms with E-state index < -0.39 is 0 Å². The number of carbonyl (C=O) groups excluding carboxylic acids is 1. The first-order chi connectivity index (χ1) is 5.16. The summed E-state index contributed by atoms with van der Waals surface area (Å²) in [6, 6.07) is 0.586. The van der Waals surface area contributed by atoms with Gasteiger partial charge in [0.1, 0.15) is 0 Å². The van der Waals surface area contributed by atoms with Gasteiger partial charge in [0, 0.05) is 0 Å². The molecule has 1 unspecified atom stereocenters. The van der Waals surface area contributed by atoms with E-state index in [9.17, 15) is 4.79 Å². The fourth-order valence-corrected chi connectivity index (χ4v) is 1.08. The van der Waals surface area contributed by atoms with E-state index in [-0.39, 0.29) is 0 Å². The van der Waals surface area contributed by atoms with Gasteiger partial charge < -0.3 is 0 Å². The number of rotatable bonds is 6. The molecule has 65 valence electrons. The van der Waals surface area contributed by atoms with Crippen LogP contribution >= 0.6 is 0 Å². The minimum atomic E-state index is 0.298. The van der Waals surface area contributed by atoms with E-state index in [1.165, 1.54) is 0 Å². The van der Waals surface area contributed by atoms with Gasteiger partial charge in [-0.25, -0.2) is 0 Å². The standard InChI is InChI=1S/C8H16NO.Mo/c1-3-8(2)9-6-4-5-7-10;/h8-9H,3-6H2,1-2H3;. The second-order valence-electron chi connectivity index (χ2n) is 2.74. The molecule has 0 radical (unpaired) electrons. The van der Waals surface area contributed by atoms with Gasteiger partial charge in [0.25, 0.3) is 0 Å². The first-order valence-electron chi connectivity index (χ1n) is 4.10. The maximum atomic E-state index is 10.5. The molecule has 1 N–H and O–H groups in total. The topological polar surface area (TPSA) is 29.1 Å². The second kappa shape index (κ2) is 6.99. The van der Waals surface area contributed by atoms with E-state index in [4.69, 9.17) is 0 Å².